The van der Waals surface area contributed by atoms with E-state index in [1.807, 2.05) is 0 Å². The summed E-state index contributed by atoms with van der Waals surface area (Å²) in [6, 6.07) is 5.17. The molecule has 1 fully saturated rings. The minimum absolute atomic E-state index is 0.111. The first-order chi connectivity index (χ1) is 14.5. The lowest BCUT2D eigenvalue weighted by Crippen LogP contribution is -2.41. The zero-order valence-electron chi connectivity index (χ0n) is 16.8. The van der Waals surface area contributed by atoms with Crippen LogP contribution < -0.4 is 15.0 Å². The molecular weight excluding hydrogens is 386 g/mol. The first-order valence-corrected chi connectivity index (χ1v) is 10.2. The van der Waals surface area contributed by atoms with Crippen LogP contribution in [-0.2, 0) is 20.0 Å². The summed E-state index contributed by atoms with van der Waals surface area (Å²) in [7, 11) is 1.65. The van der Waals surface area contributed by atoms with Crippen LogP contribution in [0.15, 0.2) is 29.2 Å². The van der Waals surface area contributed by atoms with Crippen LogP contribution in [0.3, 0.4) is 0 Å². The minimum atomic E-state index is -0.263. The molecule has 0 N–H and O–H groups in total. The number of amides is 2. The zero-order valence-corrected chi connectivity index (χ0v) is 16.8. The molecular formula is C22H23N3O5. The number of aromatic nitrogens is 1. The van der Waals surface area contributed by atoms with Gasteiger partial charge in [0.2, 0.25) is 6.79 Å². The van der Waals surface area contributed by atoms with Crippen molar-refractivity contribution < 1.29 is 19.1 Å². The predicted molar refractivity (Wildman–Crippen MR) is 108 cm³/mol. The van der Waals surface area contributed by atoms with E-state index < -0.39 is 0 Å². The summed E-state index contributed by atoms with van der Waals surface area (Å²) in [6.07, 6.45) is 4.17. The lowest BCUT2D eigenvalue weighted by Gasteiger charge is -2.31. The molecule has 0 atom stereocenters. The summed E-state index contributed by atoms with van der Waals surface area (Å²) in [5.41, 5.74) is 2.17. The highest BCUT2D eigenvalue weighted by Gasteiger charge is 2.31. The molecule has 1 aromatic carbocycles. The number of fused-ring (bicyclic) bond motifs is 2. The molecule has 1 aromatic heterocycles. The van der Waals surface area contributed by atoms with E-state index in [9.17, 15) is 14.4 Å². The quantitative estimate of drug-likeness (QED) is 0.752. The molecule has 0 bridgehead atoms. The standard InChI is InChI=1S/C22H23N3O5/c1-23-11-15-12-25(20(26)14-4-5-17-18(10-14)30-13-29-17)9-6-16(15)19(21(23)27)22(28)24-7-2-3-8-24/h4-5,10-11H,2-3,6-9,12-13H2,1H3. The van der Waals surface area contributed by atoms with Crippen LogP contribution in [0.5, 0.6) is 11.5 Å². The molecule has 30 heavy (non-hydrogen) atoms. The van der Waals surface area contributed by atoms with E-state index in [2.05, 4.69) is 0 Å². The van der Waals surface area contributed by atoms with Crippen LogP contribution >= 0.6 is 0 Å². The molecule has 0 spiro atoms. The molecule has 3 aliphatic rings. The second-order valence-electron chi connectivity index (χ2n) is 7.97. The number of nitrogens with zero attached hydrogens (tertiary/aromatic N) is 3. The van der Waals surface area contributed by atoms with Crippen molar-refractivity contribution in [1.29, 1.82) is 0 Å². The van der Waals surface area contributed by atoms with Gasteiger partial charge >= 0.3 is 0 Å². The maximum Gasteiger partial charge on any atom is 0.263 e. The van der Waals surface area contributed by atoms with Gasteiger partial charge in [0.15, 0.2) is 11.5 Å². The molecule has 0 radical (unpaired) electrons. The van der Waals surface area contributed by atoms with Gasteiger partial charge in [-0.15, -0.1) is 0 Å². The summed E-state index contributed by atoms with van der Waals surface area (Å²) in [4.78, 5) is 42.4. The van der Waals surface area contributed by atoms with Crippen molar-refractivity contribution in [3.8, 4) is 11.5 Å². The minimum Gasteiger partial charge on any atom is -0.454 e. The van der Waals surface area contributed by atoms with Gasteiger partial charge in [0.25, 0.3) is 17.4 Å². The zero-order chi connectivity index (χ0) is 20.8. The highest BCUT2D eigenvalue weighted by Crippen LogP contribution is 2.33. The maximum atomic E-state index is 13.1. The van der Waals surface area contributed by atoms with Crippen LogP contribution in [0.2, 0.25) is 0 Å². The number of rotatable bonds is 2. The Kier molecular flexibility index (Phi) is 4.49. The Balaban J connectivity index is 1.45. The fourth-order valence-electron chi connectivity index (χ4n) is 4.47. The van der Waals surface area contributed by atoms with Gasteiger partial charge in [-0.3, -0.25) is 14.4 Å². The molecule has 1 saturated heterocycles. The highest BCUT2D eigenvalue weighted by molar-refractivity contribution is 5.97. The maximum absolute atomic E-state index is 13.1. The molecule has 3 aliphatic heterocycles. The van der Waals surface area contributed by atoms with Crippen molar-refractivity contribution in [1.82, 2.24) is 14.4 Å². The predicted octanol–water partition coefficient (Wildman–Crippen LogP) is 1.55. The van der Waals surface area contributed by atoms with Crippen molar-refractivity contribution in [2.24, 2.45) is 7.05 Å². The second kappa shape index (κ2) is 7.19. The lowest BCUT2D eigenvalue weighted by molar-refractivity contribution is 0.0732. The number of carbonyl (C=O) groups is 2. The van der Waals surface area contributed by atoms with Crippen LogP contribution in [0.25, 0.3) is 0 Å². The molecule has 0 aliphatic carbocycles. The summed E-state index contributed by atoms with van der Waals surface area (Å²) in [6.45, 7) is 2.36. The fraction of sp³-hybridized carbons (Fsp3) is 0.409. The van der Waals surface area contributed by atoms with Crippen molar-refractivity contribution in [2.45, 2.75) is 25.8 Å². The van der Waals surface area contributed by atoms with Crippen LogP contribution in [0.4, 0.5) is 0 Å². The first-order valence-electron chi connectivity index (χ1n) is 10.2. The third kappa shape index (κ3) is 3.03. The number of aryl methyl sites for hydroxylation is 1. The normalized spacial score (nSPS) is 17.2. The number of carbonyl (C=O) groups excluding carboxylic acids is 2. The Labute approximate surface area is 173 Å². The van der Waals surface area contributed by atoms with Gasteiger partial charge in [-0.05, 0) is 48.6 Å². The molecule has 156 valence electrons. The second-order valence-corrected chi connectivity index (χ2v) is 7.97. The van der Waals surface area contributed by atoms with Crippen LogP contribution in [0.1, 0.15) is 44.7 Å². The molecule has 0 saturated carbocycles. The van der Waals surface area contributed by atoms with E-state index in [-0.39, 0.29) is 29.7 Å². The third-order valence-electron chi connectivity index (χ3n) is 6.08. The number of pyridine rings is 1. The van der Waals surface area contributed by atoms with E-state index in [0.29, 0.717) is 49.7 Å². The Hall–Kier alpha value is -3.29. The van der Waals surface area contributed by atoms with Gasteiger partial charge in [0.05, 0.1) is 0 Å². The average molecular weight is 409 g/mol. The van der Waals surface area contributed by atoms with Gasteiger partial charge < -0.3 is 23.8 Å². The topological polar surface area (TPSA) is 81.1 Å². The number of benzene rings is 1. The van der Waals surface area contributed by atoms with E-state index in [1.165, 1.54) is 4.57 Å². The highest BCUT2D eigenvalue weighted by atomic mass is 16.7. The molecule has 2 amide bonds. The molecule has 8 nitrogen and oxygen atoms in total. The third-order valence-corrected chi connectivity index (χ3v) is 6.08. The Morgan fingerprint density at radius 3 is 2.53 bits per heavy atom. The molecule has 5 rings (SSSR count). The van der Waals surface area contributed by atoms with Crippen molar-refractivity contribution in [2.75, 3.05) is 26.4 Å². The van der Waals surface area contributed by atoms with E-state index in [0.717, 1.165) is 24.0 Å². The number of hydrogen-bond acceptors (Lipinski definition) is 5. The molecule has 2 aromatic rings. The first kappa shape index (κ1) is 18.7. The van der Waals surface area contributed by atoms with Crippen LogP contribution in [-0.4, -0.2) is 52.6 Å². The smallest absolute Gasteiger partial charge is 0.263 e. The van der Waals surface area contributed by atoms with E-state index in [4.69, 9.17) is 9.47 Å². The van der Waals surface area contributed by atoms with Gasteiger partial charge in [0.1, 0.15) is 5.56 Å². The molecule has 8 heteroatoms. The summed E-state index contributed by atoms with van der Waals surface area (Å²) >= 11 is 0. The van der Waals surface area contributed by atoms with Crippen molar-refractivity contribution in [3.63, 3.8) is 0 Å². The van der Waals surface area contributed by atoms with Gasteiger partial charge in [0, 0.05) is 45.0 Å². The monoisotopic (exact) mass is 409 g/mol. The van der Waals surface area contributed by atoms with Gasteiger partial charge in [-0.1, -0.05) is 0 Å². The van der Waals surface area contributed by atoms with Crippen LogP contribution in [0, 0.1) is 0 Å². The number of hydrogen-bond donors (Lipinski definition) is 0. The average Bonchev–Trinajstić information content (AvgIpc) is 3.45. The van der Waals surface area contributed by atoms with E-state index in [1.54, 1.807) is 41.2 Å². The van der Waals surface area contributed by atoms with Crippen molar-refractivity contribution >= 4 is 11.8 Å². The Bertz CT molecular complexity index is 1100. The van der Waals surface area contributed by atoms with Crippen molar-refractivity contribution in [3.05, 3.63) is 57.0 Å². The fourth-order valence-corrected chi connectivity index (χ4v) is 4.47. The largest absolute Gasteiger partial charge is 0.454 e. The Morgan fingerprint density at radius 1 is 0.967 bits per heavy atom. The van der Waals surface area contributed by atoms with Gasteiger partial charge in [-0.25, -0.2) is 0 Å². The SMILES string of the molecule is Cn1cc2c(c(C(=O)N3CCCC3)c1=O)CCN(C(=O)c1ccc3c(c1)OCO3)C2. The van der Waals surface area contributed by atoms with E-state index >= 15 is 0 Å². The summed E-state index contributed by atoms with van der Waals surface area (Å²) in [5.74, 6) is 0.912. The van der Waals surface area contributed by atoms with Gasteiger partial charge in [-0.2, -0.15) is 0 Å². The summed E-state index contributed by atoms with van der Waals surface area (Å²) in [5, 5.41) is 0. The number of likely N-dealkylation sites (tertiary alicyclic amines) is 1. The Morgan fingerprint density at radius 2 is 1.73 bits per heavy atom. The summed E-state index contributed by atoms with van der Waals surface area (Å²) < 4.78 is 12.1. The molecule has 0 unspecified atom stereocenters. The lowest BCUT2D eigenvalue weighted by atomic mass is 9.95. The molecule has 4 heterocycles. The number of ether oxygens (including phenoxy) is 2.